The maximum Gasteiger partial charge on any atom is 0.422 e. The third-order valence-electron chi connectivity index (χ3n) is 3.06. The van der Waals surface area contributed by atoms with Gasteiger partial charge in [0, 0.05) is 17.1 Å². The third-order valence-corrected chi connectivity index (χ3v) is 3.41. The monoisotopic (exact) mass is 346 g/mol. The molecule has 0 unspecified atom stereocenters. The van der Waals surface area contributed by atoms with Crippen LogP contribution >= 0.6 is 11.6 Å². The molecule has 0 radical (unpaired) electrons. The van der Waals surface area contributed by atoms with E-state index in [1.807, 2.05) is 0 Å². The van der Waals surface area contributed by atoms with Crippen molar-refractivity contribution in [2.75, 3.05) is 6.61 Å². The van der Waals surface area contributed by atoms with Gasteiger partial charge in [0.05, 0.1) is 18.5 Å². The molecular weight excluding hydrogens is 333 g/mol. The summed E-state index contributed by atoms with van der Waals surface area (Å²) in [6.45, 7) is -1.54. The van der Waals surface area contributed by atoms with E-state index in [4.69, 9.17) is 27.2 Å². The highest BCUT2D eigenvalue weighted by Gasteiger charge is 2.29. The zero-order chi connectivity index (χ0) is 17.0. The van der Waals surface area contributed by atoms with Crippen LogP contribution in [0, 0.1) is 0 Å². The smallest absolute Gasteiger partial charge is 0.422 e. The van der Waals surface area contributed by atoms with Crippen LogP contribution in [0.15, 0.2) is 30.5 Å². The van der Waals surface area contributed by atoms with E-state index >= 15 is 0 Å². The van der Waals surface area contributed by atoms with Crippen LogP contribution < -0.4 is 10.5 Å². The number of nitrogens with two attached hydrogens (primary N) is 1. The van der Waals surface area contributed by atoms with Crippen molar-refractivity contribution in [3.63, 3.8) is 0 Å². The van der Waals surface area contributed by atoms with Crippen LogP contribution in [-0.2, 0) is 13.2 Å². The molecule has 8 heteroatoms. The summed E-state index contributed by atoms with van der Waals surface area (Å²) in [6.07, 6.45) is -3.31. The van der Waals surface area contributed by atoms with Crippen molar-refractivity contribution in [2.24, 2.45) is 5.73 Å². The van der Waals surface area contributed by atoms with Gasteiger partial charge in [-0.1, -0.05) is 23.7 Å². The Morgan fingerprint density at radius 1 is 1.26 bits per heavy atom. The van der Waals surface area contributed by atoms with Crippen molar-refractivity contribution in [1.82, 2.24) is 4.98 Å². The zero-order valence-electron chi connectivity index (χ0n) is 11.9. The molecule has 2 aromatic rings. The lowest BCUT2D eigenvalue weighted by Gasteiger charge is -2.14. The fraction of sp³-hybridized carbons (Fsp3) is 0.267. The predicted molar refractivity (Wildman–Crippen MR) is 80.0 cm³/mol. The van der Waals surface area contributed by atoms with Gasteiger partial charge in [-0.05, 0) is 23.3 Å². The van der Waals surface area contributed by atoms with E-state index in [2.05, 4.69) is 4.98 Å². The number of nitrogens with zero attached hydrogens (tertiary/aromatic N) is 1. The first-order valence-corrected chi connectivity index (χ1v) is 7.00. The fourth-order valence-electron chi connectivity index (χ4n) is 1.95. The molecule has 0 amide bonds. The zero-order valence-corrected chi connectivity index (χ0v) is 12.7. The lowest BCUT2D eigenvalue weighted by molar-refractivity contribution is -0.153. The number of rotatable bonds is 5. The van der Waals surface area contributed by atoms with Gasteiger partial charge in [-0.2, -0.15) is 13.2 Å². The number of ether oxygens (including phenoxy) is 1. The van der Waals surface area contributed by atoms with Gasteiger partial charge in [0.25, 0.3) is 0 Å². The Labute approximate surface area is 135 Å². The summed E-state index contributed by atoms with van der Waals surface area (Å²) in [4.78, 5) is 3.84. The highest BCUT2D eigenvalue weighted by atomic mass is 35.5. The van der Waals surface area contributed by atoms with Crippen LogP contribution in [0.1, 0.15) is 11.3 Å². The second kappa shape index (κ2) is 7.16. The van der Waals surface area contributed by atoms with Crippen LogP contribution in [-0.4, -0.2) is 22.9 Å². The highest BCUT2D eigenvalue weighted by Crippen LogP contribution is 2.33. The minimum absolute atomic E-state index is 0.0453. The van der Waals surface area contributed by atoms with Gasteiger partial charge in [-0.3, -0.25) is 4.98 Å². The lowest BCUT2D eigenvalue weighted by atomic mass is 10.0. The van der Waals surface area contributed by atoms with Gasteiger partial charge in [-0.25, -0.2) is 0 Å². The van der Waals surface area contributed by atoms with E-state index in [-0.39, 0.29) is 18.9 Å². The first-order chi connectivity index (χ1) is 10.8. The summed E-state index contributed by atoms with van der Waals surface area (Å²) >= 11 is 6.09. The van der Waals surface area contributed by atoms with Crippen molar-refractivity contribution < 1.29 is 23.0 Å². The second-order valence-corrected chi connectivity index (χ2v) is 5.15. The Balaban J connectivity index is 2.43. The number of pyridine rings is 1. The van der Waals surface area contributed by atoms with Gasteiger partial charge in [0.15, 0.2) is 6.61 Å². The lowest BCUT2D eigenvalue weighted by Crippen LogP contribution is -2.19. The summed E-state index contributed by atoms with van der Waals surface area (Å²) in [5.74, 6) is -0.0453. The standard InChI is InChI=1S/C15H14ClF3N2O2/c16-13-3-9(1-2-10(13)5-20)12-4-11(7-22)21-6-14(12)23-8-15(17,18)19/h1-4,6,22H,5,7-8,20H2. The molecule has 0 saturated heterocycles. The number of benzene rings is 1. The molecular formula is C15H14ClF3N2O2. The Bertz CT molecular complexity index is 693. The number of alkyl halides is 3. The predicted octanol–water partition coefficient (Wildman–Crippen LogP) is 3.29. The number of halogens is 4. The van der Waals surface area contributed by atoms with Crippen LogP contribution in [0.5, 0.6) is 5.75 Å². The average molecular weight is 347 g/mol. The summed E-state index contributed by atoms with van der Waals surface area (Å²) in [7, 11) is 0. The second-order valence-electron chi connectivity index (χ2n) is 4.74. The molecule has 3 N–H and O–H groups in total. The Kier molecular flexibility index (Phi) is 5.46. The molecule has 0 aliphatic rings. The van der Waals surface area contributed by atoms with Crippen molar-refractivity contribution in [2.45, 2.75) is 19.3 Å². The minimum atomic E-state index is -4.46. The Morgan fingerprint density at radius 2 is 2.00 bits per heavy atom. The maximum absolute atomic E-state index is 12.4. The summed E-state index contributed by atoms with van der Waals surface area (Å²) in [6, 6.07) is 6.40. The van der Waals surface area contributed by atoms with E-state index in [1.54, 1.807) is 18.2 Å². The molecule has 1 aromatic heterocycles. The van der Waals surface area contributed by atoms with E-state index in [0.717, 1.165) is 6.20 Å². The normalized spacial score (nSPS) is 11.6. The van der Waals surface area contributed by atoms with Crippen LogP contribution in [0.25, 0.3) is 11.1 Å². The number of aromatic nitrogens is 1. The first-order valence-electron chi connectivity index (χ1n) is 6.62. The molecule has 4 nitrogen and oxygen atoms in total. The summed E-state index contributed by atoms with van der Waals surface area (Å²) in [5.41, 5.74) is 7.45. The number of aliphatic hydroxyl groups is 1. The van der Waals surface area contributed by atoms with E-state index in [9.17, 15) is 13.2 Å². The first kappa shape index (κ1) is 17.5. The Hall–Kier alpha value is -1.83. The SMILES string of the molecule is NCc1ccc(-c2cc(CO)ncc2OCC(F)(F)F)cc1Cl. The van der Waals surface area contributed by atoms with E-state index in [0.29, 0.717) is 27.4 Å². The Morgan fingerprint density at radius 3 is 2.57 bits per heavy atom. The molecule has 1 aromatic carbocycles. The number of hydrogen-bond donors (Lipinski definition) is 2. The van der Waals surface area contributed by atoms with Gasteiger partial charge < -0.3 is 15.6 Å². The van der Waals surface area contributed by atoms with Gasteiger partial charge in [0.1, 0.15) is 5.75 Å². The molecule has 124 valence electrons. The van der Waals surface area contributed by atoms with Gasteiger partial charge in [-0.15, -0.1) is 0 Å². The van der Waals surface area contributed by atoms with Crippen LogP contribution in [0.3, 0.4) is 0 Å². The van der Waals surface area contributed by atoms with Gasteiger partial charge in [0.2, 0.25) is 0 Å². The summed E-state index contributed by atoms with van der Waals surface area (Å²) < 4.78 is 41.9. The summed E-state index contributed by atoms with van der Waals surface area (Å²) in [5, 5.41) is 9.57. The number of hydrogen-bond acceptors (Lipinski definition) is 4. The van der Waals surface area contributed by atoms with Crippen LogP contribution in [0.2, 0.25) is 5.02 Å². The van der Waals surface area contributed by atoms with Crippen molar-refractivity contribution >= 4 is 11.6 Å². The maximum atomic E-state index is 12.4. The molecule has 0 saturated carbocycles. The molecule has 2 rings (SSSR count). The van der Waals surface area contributed by atoms with E-state index < -0.39 is 12.8 Å². The molecule has 0 atom stereocenters. The molecule has 0 fully saturated rings. The molecule has 0 aliphatic heterocycles. The molecule has 1 heterocycles. The number of aliphatic hydroxyl groups excluding tert-OH is 1. The molecule has 23 heavy (non-hydrogen) atoms. The molecule has 0 bridgehead atoms. The third kappa shape index (κ3) is 4.57. The van der Waals surface area contributed by atoms with Crippen molar-refractivity contribution in [3.8, 4) is 16.9 Å². The van der Waals surface area contributed by atoms with E-state index in [1.165, 1.54) is 6.07 Å². The van der Waals surface area contributed by atoms with Crippen molar-refractivity contribution in [1.29, 1.82) is 0 Å². The van der Waals surface area contributed by atoms with Gasteiger partial charge >= 0.3 is 6.18 Å². The van der Waals surface area contributed by atoms with Crippen molar-refractivity contribution in [3.05, 3.63) is 46.7 Å². The topological polar surface area (TPSA) is 68.4 Å². The largest absolute Gasteiger partial charge is 0.482 e. The quantitative estimate of drug-likeness (QED) is 0.871. The fourth-order valence-corrected chi connectivity index (χ4v) is 2.21. The molecule has 0 spiro atoms. The highest BCUT2D eigenvalue weighted by molar-refractivity contribution is 6.31. The molecule has 0 aliphatic carbocycles. The average Bonchev–Trinajstić information content (AvgIpc) is 2.52. The van der Waals surface area contributed by atoms with Crippen LogP contribution in [0.4, 0.5) is 13.2 Å². The minimum Gasteiger partial charge on any atom is -0.482 e.